The average molecular weight is 237 g/mol. The summed E-state index contributed by atoms with van der Waals surface area (Å²) in [4.78, 5) is 8.47. The van der Waals surface area contributed by atoms with Crippen molar-refractivity contribution in [3.8, 4) is 5.75 Å². The molecule has 1 N–H and O–H groups in total. The van der Waals surface area contributed by atoms with Gasteiger partial charge in [-0.05, 0) is 12.1 Å². The predicted molar refractivity (Wildman–Crippen MR) is 63.5 cm³/mol. The number of anilines is 1. The van der Waals surface area contributed by atoms with E-state index < -0.39 is 0 Å². The third-order valence-electron chi connectivity index (χ3n) is 2.35. The van der Waals surface area contributed by atoms with Crippen LogP contribution in [-0.4, -0.2) is 44.5 Å². The number of pyridine rings is 1. The molecular weight excluding hydrogens is 222 g/mol. The van der Waals surface area contributed by atoms with Gasteiger partial charge in [-0.15, -0.1) is 0 Å². The lowest BCUT2D eigenvalue weighted by Crippen LogP contribution is -2.28. The second-order valence-corrected chi connectivity index (χ2v) is 3.45. The predicted octanol–water partition coefficient (Wildman–Crippen LogP) is 0.903. The van der Waals surface area contributed by atoms with Crippen LogP contribution in [0.2, 0.25) is 0 Å². The summed E-state index contributed by atoms with van der Waals surface area (Å²) >= 11 is 0. The van der Waals surface area contributed by atoms with Crippen LogP contribution in [0, 0.1) is 0 Å². The van der Waals surface area contributed by atoms with Gasteiger partial charge in [0.2, 0.25) is 0 Å². The fourth-order valence-corrected chi connectivity index (χ4v) is 1.43. The van der Waals surface area contributed by atoms with Crippen molar-refractivity contribution >= 4 is 11.7 Å². The van der Waals surface area contributed by atoms with Crippen LogP contribution in [0.5, 0.6) is 5.75 Å². The Morgan fingerprint density at radius 1 is 1.53 bits per heavy atom. The second kappa shape index (κ2) is 5.60. The molecule has 1 aromatic heterocycles. The maximum absolute atomic E-state index is 5.50. The van der Waals surface area contributed by atoms with Gasteiger partial charge in [0, 0.05) is 20.4 Å². The molecule has 0 fully saturated rings. The Morgan fingerprint density at radius 3 is 3.12 bits per heavy atom. The number of nitrogens with one attached hydrogen (secondary N) is 1. The van der Waals surface area contributed by atoms with E-state index in [4.69, 9.17) is 14.2 Å². The smallest absolute Gasteiger partial charge is 0.176 e. The second-order valence-electron chi connectivity index (χ2n) is 3.45. The SMILES string of the molecule is COC(CN=C1COc2cccnc2N1)OC. The zero-order chi connectivity index (χ0) is 12.1. The topological polar surface area (TPSA) is 65.0 Å². The molecule has 6 nitrogen and oxygen atoms in total. The molecule has 92 valence electrons. The first kappa shape index (κ1) is 11.8. The van der Waals surface area contributed by atoms with Gasteiger partial charge < -0.3 is 19.5 Å². The molecule has 1 aliphatic rings. The van der Waals surface area contributed by atoms with Gasteiger partial charge in [0.1, 0.15) is 12.4 Å². The van der Waals surface area contributed by atoms with Gasteiger partial charge in [-0.25, -0.2) is 4.98 Å². The molecule has 0 atom stereocenters. The van der Waals surface area contributed by atoms with Crippen LogP contribution >= 0.6 is 0 Å². The Morgan fingerprint density at radius 2 is 2.35 bits per heavy atom. The van der Waals surface area contributed by atoms with Crippen molar-refractivity contribution in [2.24, 2.45) is 4.99 Å². The van der Waals surface area contributed by atoms with Crippen LogP contribution in [0.1, 0.15) is 0 Å². The summed E-state index contributed by atoms with van der Waals surface area (Å²) < 4.78 is 15.6. The Bertz CT molecular complexity index is 405. The molecule has 0 spiro atoms. The van der Waals surface area contributed by atoms with Crippen molar-refractivity contribution in [1.82, 2.24) is 4.98 Å². The Hall–Kier alpha value is -1.66. The van der Waals surface area contributed by atoms with Crippen molar-refractivity contribution < 1.29 is 14.2 Å². The summed E-state index contributed by atoms with van der Waals surface area (Å²) in [6.45, 7) is 0.819. The van der Waals surface area contributed by atoms with E-state index >= 15 is 0 Å². The number of nitrogens with zero attached hydrogens (tertiary/aromatic N) is 2. The van der Waals surface area contributed by atoms with Crippen LogP contribution < -0.4 is 10.1 Å². The third kappa shape index (κ3) is 2.92. The first-order valence-corrected chi connectivity index (χ1v) is 5.27. The minimum absolute atomic E-state index is 0.338. The van der Waals surface area contributed by atoms with Crippen molar-refractivity contribution in [2.45, 2.75) is 6.29 Å². The maximum Gasteiger partial charge on any atom is 0.176 e. The monoisotopic (exact) mass is 237 g/mol. The van der Waals surface area contributed by atoms with Crippen LogP contribution in [0.25, 0.3) is 0 Å². The molecule has 0 saturated heterocycles. The first-order chi connectivity index (χ1) is 8.33. The molecule has 2 heterocycles. The largest absolute Gasteiger partial charge is 0.482 e. The van der Waals surface area contributed by atoms with Crippen molar-refractivity contribution in [2.75, 3.05) is 32.7 Å². The first-order valence-electron chi connectivity index (χ1n) is 5.27. The van der Waals surface area contributed by atoms with Gasteiger partial charge in [-0.1, -0.05) is 0 Å². The van der Waals surface area contributed by atoms with E-state index in [0.29, 0.717) is 19.0 Å². The van der Waals surface area contributed by atoms with Gasteiger partial charge in [-0.2, -0.15) is 0 Å². The highest BCUT2D eigenvalue weighted by molar-refractivity contribution is 5.98. The standard InChI is InChI=1S/C11H15N3O3/c1-15-10(16-2)6-13-9-7-17-8-4-3-5-12-11(8)14-9/h3-5,10H,6-7H2,1-2H3,(H,12,13,14). The van der Waals surface area contributed by atoms with Crippen LogP contribution in [-0.2, 0) is 9.47 Å². The van der Waals surface area contributed by atoms with Gasteiger partial charge >= 0.3 is 0 Å². The summed E-state index contributed by atoms with van der Waals surface area (Å²) in [7, 11) is 3.16. The lowest BCUT2D eigenvalue weighted by atomic mass is 10.3. The Kier molecular flexibility index (Phi) is 3.89. The number of aromatic nitrogens is 1. The van der Waals surface area contributed by atoms with E-state index in [0.717, 1.165) is 11.6 Å². The molecule has 0 radical (unpaired) electrons. The van der Waals surface area contributed by atoms with E-state index in [9.17, 15) is 0 Å². The number of amidine groups is 1. The molecule has 6 heteroatoms. The van der Waals surface area contributed by atoms with Gasteiger partial charge in [0.25, 0.3) is 0 Å². The quantitative estimate of drug-likeness (QED) is 0.788. The zero-order valence-electron chi connectivity index (χ0n) is 9.84. The summed E-state index contributed by atoms with van der Waals surface area (Å²) in [5.74, 6) is 2.14. The molecular formula is C11H15N3O3. The highest BCUT2D eigenvalue weighted by atomic mass is 16.7. The molecule has 17 heavy (non-hydrogen) atoms. The van der Waals surface area contributed by atoms with E-state index in [1.54, 1.807) is 20.4 Å². The van der Waals surface area contributed by atoms with Crippen molar-refractivity contribution in [3.05, 3.63) is 18.3 Å². The highest BCUT2D eigenvalue weighted by Gasteiger charge is 2.15. The molecule has 1 aliphatic heterocycles. The van der Waals surface area contributed by atoms with Crippen LogP contribution in [0.3, 0.4) is 0 Å². The summed E-state index contributed by atoms with van der Waals surface area (Å²) in [5, 5.41) is 3.10. The van der Waals surface area contributed by atoms with Gasteiger partial charge in [0.05, 0.1) is 6.54 Å². The number of aliphatic imine (C=N–C) groups is 1. The zero-order valence-corrected chi connectivity index (χ0v) is 9.84. The molecule has 0 bridgehead atoms. The van der Waals surface area contributed by atoms with Crippen LogP contribution in [0.4, 0.5) is 5.82 Å². The number of hydrogen-bond donors (Lipinski definition) is 1. The molecule has 0 aromatic carbocycles. The lowest BCUT2D eigenvalue weighted by molar-refractivity contribution is -0.0937. The Labute approximate surface area is 99.6 Å². The van der Waals surface area contributed by atoms with Crippen LogP contribution in [0.15, 0.2) is 23.3 Å². The lowest BCUT2D eigenvalue weighted by Gasteiger charge is -2.20. The van der Waals surface area contributed by atoms with E-state index in [1.165, 1.54) is 0 Å². The summed E-state index contributed by atoms with van der Waals surface area (Å²) in [5.41, 5.74) is 0. The summed E-state index contributed by atoms with van der Waals surface area (Å²) in [6, 6.07) is 3.69. The average Bonchev–Trinajstić information content (AvgIpc) is 2.40. The molecule has 0 unspecified atom stereocenters. The molecule has 2 rings (SSSR count). The molecule has 0 aliphatic carbocycles. The van der Waals surface area contributed by atoms with Gasteiger partial charge in [0.15, 0.2) is 17.9 Å². The number of hydrogen-bond acceptors (Lipinski definition) is 5. The molecule has 0 amide bonds. The fraction of sp³-hybridized carbons (Fsp3) is 0.455. The normalized spacial score (nSPS) is 16.5. The van der Waals surface area contributed by atoms with Gasteiger partial charge in [-0.3, -0.25) is 4.99 Å². The highest BCUT2D eigenvalue weighted by Crippen LogP contribution is 2.23. The number of rotatable bonds is 4. The van der Waals surface area contributed by atoms with E-state index in [1.807, 2.05) is 12.1 Å². The number of methoxy groups -OCH3 is 2. The van der Waals surface area contributed by atoms with E-state index in [2.05, 4.69) is 15.3 Å². The number of ether oxygens (including phenoxy) is 3. The fourth-order valence-electron chi connectivity index (χ4n) is 1.43. The van der Waals surface area contributed by atoms with E-state index in [-0.39, 0.29) is 6.29 Å². The maximum atomic E-state index is 5.50. The van der Waals surface area contributed by atoms with Crippen molar-refractivity contribution in [3.63, 3.8) is 0 Å². The third-order valence-corrected chi connectivity index (χ3v) is 2.35. The number of fused-ring (bicyclic) bond motifs is 1. The Balaban J connectivity index is 2.00. The molecule has 0 saturated carbocycles. The van der Waals surface area contributed by atoms with Crippen molar-refractivity contribution in [1.29, 1.82) is 0 Å². The minimum Gasteiger partial charge on any atom is -0.482 e. The summed E-state index contributed by atoms with van der Waals surface area (Å²) in [6.07, 6.45) is 1.36. The minimum atomic E-state index is -0.338. The molecule has 1 aromatic rings.